The lowest BCUT2D eigenvalue weighted by Gasteiger charge is -2.32. The fraction of sp³-hybridized carbons (Fsp3) is 0.531. The number of esters is 1. The third-order valence-corrected chi connectivity index (χ3v) is 8.15. The van der Waals surface area contributed by atoms with Crippen molar-refractivity contribution >= 4 is 17.8 Å². The maximum Gasteiger partial charge on any atom is 0.407 e. The van der Waals surface area contributed by atoms with Gasteiger partial charge in [0.2, 0.25) is 0 Å². The number of amides is 1. The van der Waals surface area contributed by atoms with Crippen LogP contribution in [-0.2, 0) is 38.5 Å². The summed E-state index contributed by atoms with van der Waals surface area (Å²) in [6.07, 6.45) is 7.09. The van der Waals surface area contributed by atoms with Crippen LogP contribution in [0.3, 0.4) is 0 Å². The van der Waals surface area contributed by atoms with E-state index in [-0.39, 0.29) is 37.1 Å². The number of hydrogen-bond acceptors (Lipinski definition) is 6. The summed E-state index contributed by atoms with van der Waals surface area (Å²) in [5, 5.41) is 2.55. The number of unbranched alkanes of at least 4 members (excludes halogenated alkanes) is 2. The fourth-order valence-corrected chi connectivity index (χ4v) is 6.10. The molecule has 1 N–H and O–H groups in total. The molecule has 0 spiro atoms. The minimum atomic E-state index is -0.409. The molecule has 0 unspecified atom stereocenters. The summed E-state index contributed by atoms with van der Waals surface area (Å²) in [4.78, 5) is 37.3. The number of hydrogen-bond donors (Lipinski definition) is 1. The highest BCUT2D eigenvalue weighted by molar-refractivity contribution is 5.84. The van der Waals surface area contributed by atoms with E-state index in [0.29, 0.717) is 24.4 Å². The number of rotatable bonds is 13. The average molecular weight is 536 g/mol. The molecule has 2 aliphatic carbocycles. The van der Waals surface area contributed by atoms with Gasteiger partial charge in [-0.3, -0.25) is 4.79 Å². The van der Waals surface area contributed by atoms with Crippen molar-refractivity contribution in [1.29, 1.82) is 0 Å². The van der Waals surface area contributed by atoms with Crippen LogP contribution >= 0.6 is 0 Å². The molecular weight excluding hydrogens is 494 g/mol. The topological polar surface area (TPSA) is 90.9 Å². The maximum atomic E-state index is 13.1. The smallest absolute Gasteiger partial charge is 0.407 e. The molecule has 1 fully saturated rings. The van der Waals surface area contributed by atoms with Crippen molar-refractivity contribution in [3.05, 3.63) is 65.2 Å². The minimum absolute atomic E-state index is 0.0114. The van der Waals surface area contributed by atoms with Crippen molar-refractivity contribution in [3.63, 3.8) is 0 Å². The number of ketones is 1. The molecule has 39 heavy (non-hydrogen) atoms. The lowest BCUT2D eigenvalue weighted by Crippen LogP contribution is -2.29. The Morgan fingerprint density at radius 2 is 1.82 bits per heavy atom. The quantitative estimate of drug-likeness (QED) is 0.257. The third-order valence-electron chi connectivity index (χ3n) is 8.15. The standard InChI is InChI=1S/C32H41NO6/c1-3-4-6-13-25(39-32(36)33-2)15-16-26-27-17-23-12-9-14-30(28(23)18-24(27)19-29(26)34)37-21-31(35)38-20-22-10-7-5-8-11-22/h5,7-12,14,24-27H,3-4,6,13,15-21H2,1-2H3,(H,33,36)/t24-,25-,26+,27-/m0/s1. The number of ether oxygens (including phenoxy) is 3. The molecule has 7 heteroatoms. The number of nitrogens with one attached hydrogen (secondary N) is 1. The molecule has 2 aromatic rings. The van der Waals surface area contributed by atoms with Gasteiger partial charge in [-0.05, 0) is 73.1 Å². The van der Waals surface area contributed by atoms with Gasteiger partial charge in [-0.25, -0.2) is 9.59 Å². The van der Waals surface area contributed by atoms with E-state index in [1.807, 2.05) is 42.5 Å². The Morgan fingerprint density at radius 1 is 1.00 bits per heavy atom. The Kier molecular flexibility index (Phi) is 10.4. The van der Waals surface area contributed by atoms with E-state index in [4.69, 9.17) is 14.2 Å². The summed E-state index contributed by atoms with van der Waals surface area (Å²) >= 11 is 0. The number of benzene rings is 2. The van der Waals surface area contributed by atoms with E-state index in [0.717, 1.165) is 56.1 Å². The molecule has 0 aliphatic heterocycles. The normalized spacial score (nSPS) is 20.5. The predicted octanol–water partition coefficient (Wildman–Crippen LogP) is 5.81. The summed E-state index contributed by atoms with van der Waals surface area (Å²) in [7, 11) is 1.57. The number of alkyl carbamates (subject to hydrolysis) is 1. The second kappa shape index (κ2) is 14.2. The Balaban J connectivity index is 1.34. The largest absolute Gasteiger partial charge is 0.482 e. The zero-order valence-corrected chi connectivity index (χ0v) is 23.2. The van der Waals surface area contributed by atoms with Crippen LogP contribution in [0.5, 0.6) is 5.75 Å². The number of fused-ring (bicyclic) bond motifs is 2. The molecule has 2 aliphatic rings. The number of carbonyl (C=O) groups is 3. The first kappa shape index (κ1) is 28.7. The molecule has 1 amide bonds. The van der Waals surface area contributed by atoms with Crippen LogP contribution in [0.15, 0.2) is 48.5 Å². The van der Waals surface area contributed by atoms with Crippen LogP contribution < -0.4 is 10.1 Å². The molecular formula is C32H41NO6. The lowest BCUT2D eigenvalue weighted by atomic mass is 9.73. The molecule has 0 radical (unpaired) electrons. The zero-order valence-electron chi connectivity index (χ0n) is 23.2. The van der Waals surface area contributed by atoms with Crippen LogP contribution in [0.25, 0.3) is 0 Å². The molecule has 210 valence electrons. The van der Waals surface area contributed by atoms with E-state index in [9.17, 15) is 14.4 Å². The van der Waals surface area contributed by atoms with Crippen molar-refractivity contribution < 1.29 is 28.6 Å². The molecule has 4 atom stereocenters. The van der Waals surface area contributed by atoms with Gasteiger partial charge in [-0.2, -0.15) is 0 Å². The van der Waals surface area contributed by atoms with Gasteiger partial charge in [0, 0.05) is 19.4 Å². The second-order valence-corrected chi connectivity index (χ2v) is 10.8. The molecule has 0 saturated heterocycles. The predicted molar refractivity (Wildman–Crippen MR) is 148 cm³/mol. The molecule has 0 bridgehead atoms. The zero-order chi connectivity index (χ0) is 27.6. The van der Waals surface area contributed by atoms with Crippen LogP contribution in [0.2, 0.25) is 0 Å². The summed E-state index contributed by atoms with van der Waals surface area (Å²) in [6.45, 7) is 2.22. The van der Waals surface area contributed by atoms with Gasteiger partial charge in [0.1, 0.15) is 24.2 Å². The van der Waals surface area contributed by atoms with Gasteiger partial charge in [0.25, 0.3) is 0 Å². The van der Waals surface area contributed by atoms with Crippen molar-refractivity contribution in [2.45, 2.75) is 77.4 Å². The van der Waals surface area contributed by atoms with Crippen LogP contribution in [0.1, 0.15) is 68.6 Å². The highest BCUT2D eigenvalue weighted by atomic mass is 16.6. The Labute approximate surface area is 231 Å². The first-order chi connectivity index (χ1) is 19.0. The summed E-state index contributed by atoms with van der Waals surface area (Å²) in [5.41, 5.74) is 3.22. The number of carbonyl (C=O) groups excluding carboxylic acids is 3. The van der Waals surface area contributed by atoms with Crippen molar-refractivity contribution in [1.82, 2.24) is 5.32 Å². The molecule has 1 saturated carbocycles. The first-order valence-corrected chi connectivity index (χ1v) is 14.3. The van der Waals surface area contributed by atoms with Gasteiger partial charge in [-0.15, -0.1) is 0 Å². The summed E-state index contributed by atoms with van der Waals surface area (Å²) in [6, 6.07) is 15.5. The maximum absolute atomic E-state index is 13.1. The van der Waals surface area contributed by atoms with E-state index in [1.165, 1.54) is 5.56 Å². The van der Waals surface area contributed by atoms with Gasteiger partial charge >= 0.3 is 12.1 Å². The first-order valence-electron chi connectivity index (χ1n) is 14.3. The van der Waals surface area contributed by atoms with E-state index in [1.54, 1.807) is 7.05 Å². The molecule has 4 rings (SSSR count). The summed E-state index contributed by atoms with van der Waals surface area (Å²) in [5.74, 6) is 1.15. The second-order valence-electron chi connectivity index (χ2n) is 10.8. The van der Waals surface area contributed by atoms with Gasteiger partial charge in [0.05, 0.1) is 0 Å². The van der Waals surface area contributed by atoms with Gasteiger partial charge in [-0.1, -0.05) is 62.2 Å². The fourth-order valence-electron chi connectivity index (χ4n) is 6.10. The lowest BCUT2D eigenvalue weighted by molar-refractivity contribution is -0.147. The monoisotopic (exact) mass is 535 g/mol. The highest BCUT2D eigenvalue weighted by Gasteiger charge is 2.45. The van der Waals surface area contributed by atoms with Gasteiger partial charge < -0.3 is 19.5 Å². The SMILES string of the molecule is CCCCC[C@@H](CC[C@H]1C(=O)C[C@@H]2Cc3c(cccc3OCC(=O)OCc3ccccc3)C[C@@H]21)OC(=O)NC. The molecule has 2 aromatic carbocycles. The van der Waals surface area contributed by atoms with Crippen molar-refractivity contribution in [2.75, 3.05) is 13.7 Å². The van der Waals surface area contributed by atoms with E-state index < -0.39 is 12.1 Å². The van der Waals surface area contributed by atoms with Crippen molar-refractivity contribution in [3.8, 4) is 5.75 Å². The van der Waals surface area contributed by atoms with Crippen LogP contribution in [-0.4, -0.2) is 37.6 Å². The Hall–Kier alpha value is -3.35. The van der Waals surface area contributed by atoms with Crippen molar-refractivity contribution in [2.24, 2.45) is 17.8 Å². The molecule has 0 heterocycles. The van der Waals surface area contributed by atoms with E-state index in [2.05, 4.69) is 18.3 Å². The third kappa shape index (κ3) is 7.84. The number of Topliss-reactive ketones (excluding diaryl/α,β-unsaturated/α-hetero) is 1. The Morgan fingerprint density at radius 3 is 2.59 bits per heavy atom. The highest BCUT2D eigenvalue weighted by Crippen LogP contribution is 2.46. The van der Waals surface area contributed by atoms with Crippen LogP contribution in [0.4, 0.5) is 4.79 Å². The Bertz CT molecular complexity index is 1120. The minimum Gasteiger partial charge on any atom is -0.482 e. The average Bonchev–Trinajstić information content (AvgIpc) is 3.26. The summed E-state index contributed by atoms with van der Waals surface area (Å²) < 4.78 is 16.9. The van der Waals surface area contributed by atoms with Crippen LogP contribution in [0, 0.1) is 17.8 Å². The molecule has 7 nitrogen and oxygen atoms in total. The van der Waals surface area contributed by atoms with Gasteiger partial charge in [0.15, 0.2) is 6.61 Å². The van der Waals surface area contributed by atoms with E-state index >= 15 is 0 Å². The molecule has 0 aromatic heterocycles.